The zero-order valence-electron chi connectivity index (χ0n) is 16.6. The van der Waals surface area contributed by atoms with Gasteiger partial charge in [0.25, 0.3) is 0 Å². The smallest absolute Gasteiger partial charge is 0.0569 e. The minimum Gasteiger partial charge on any atom is -0.383 e. The summed E-state index contributed by atoms with van der Waals surface area (Å²) in [5.41, 5.74) is 4.49. The van der Waals surface area contributed by atoms with Gasteiger partial charge >= 0.3 is 0 Å². The van der Waals surface area contributed by atoms with Crippen molar-refractivity contribution in [3.63, 3.8) is 0 Å². The molecule has 0 aromatic heterocycles. The molecule has 5 heteroatoms. The summed E-state index contributed by atoms with van der Waals surface area (Å²) in [5, 5.41) is 3.61. The van der Waals surface area contributed by atoms with Crippen LogP contribution < -0.4 is 10.0 Å². The van der Waals surface area contributed by atoms with Gasteiger partial charge < -0.3 is 10.0 Å². The van der Waals surface area contributed by atoms with E-state index < -0.39 is 9.21 Å². The van der Waals surface area contributed by atoms with Crippen LogP contribution in [0.1, 0.15) is 44.7 Å². The van der Waals surface area contributed by atoms with Gasteiger partial charge in [-0.15, -0.1) is 0 Å². The van der Waals surface area contributed by atoms with Crippen molar-refractivity contribution in [1.82, 2.24) is 10.2 Å². The molecule has 2 N–H and O–H groups in total. The van der Waals surface area contributed by atoms with Crippen molar-refractivity contribution in [1.29, 1.82) is 0 Å². The molecule has 1 unspecified atom stereocenters. The van der Waals surface area contributed by atoms with E-state index in [2.05, 4.69) is 79.0 Å². The first kappa shape index (κ1) is 21.3. The van der Waals surface area contributed by atoms with Crippen LogP contribution in [-0.4, -0.2) is 48.1 Å². The Bertz CT molecular complexity index is 738. The number of nitrogens with zero attached hydrogens (tertiary/aromatic N) is 1. The Kier molecular flexibility index (Phi) is 7.56. The van der Waals surface area contributed by atoms with E-state index in [1.165, 1.54) is 35.4 Å². The number of nitrogens with one attached hydrogen (secondary N) is 2. The highest BCUT2D eigenvalue weighted by Crippen LogP contribution is 2.40. The van der Waals surface area contributed by atoms with E-state index in [-0.39, 0.29) is 0 Å². The first-order valence-electron chi connectivity index (χ1n) is 9.59. The first-order chi connectivity index (χ1) is 12.4. The maximum atomic E-state index is 4.39. The van der Waals surface area contributed by atoms with Crippen molar-refractivity contribution in [2.24, 2.45) is 0 Å². The Morgan fingerprint density at radius 1 is 1.31 bits per heavy atom. The highest BCUT2D eigenvalue weighted by molar-refractivity contribution is 8.27. The average molecular weight is 394 g/mol. The van der Waals surface area contributed by atoms with Gasteiger partial charge in [0, 0.05) is 28.7 Å². The van der Waals surface area contributed by atoms with Crippen molar-refractivity contribution in [2.75, 3.05) is 30.1 Å². The third-order valence-electron chi connectivity index (χ3n) is 5.51. The first-order valence-corrected chi connectivity index (χ1v) is 12.2. The van der Waals surface area contributed by atoms with Crippen LogP contribution in [0.25, 0.3) is 5.70 Å². The van der Waals surface area contributed by atoms with E-state index >= 15 is 0 Å². The molecule has 3 nitrogen and oxygen atoms in total. The predicted molar refractivity (Wildman–Crippen MR) is 126 cm³/mol. The number of thiol groups is 1. The molecule has 0 amide bonds. The Labute approximate surface area is 166 Å². The average Bonchev–Trinajstić information content (AvgIpc) is 3.12. The standard InChI is InChI=1S/C21H35N3S2/c1-7-17-13-20(23-25)21(26(5,6)9-3)14-19(17)16(4)22-15-18-11-10-12-24(18)8-2/h13-14,18,22-23,25H,4-12,15H2,1-3H3. The predicted octanol–water partition coefficient (Wildman–Crippen LogP) is 4.60. The molecule has 0 bridgehead atoms. The highest BCUT2D eigenvalue weighted by atomic mass is 32.2. The number of hydrogen-bond acceptors (Lipinski definition) is 4. The zero-order chi connectivity index (χ0) is 19.3. The Hall–Kier alpha value is -1.04. The van der Waals surface area contributed by atoms with Crippen LogP contribution in [-0.2, 0) is 6.42 Å². The van der Waals surface area contributed by atoms with Gasteiger partial charge in [0.05, 0.1) is 5.69 Å². The van der Waals surface area contributed by atoms with Crippen molar-refractivity contribution in [3.8, 4) is 0 Å². The highest BCUT2D eigenvalue weighted by Gasteiger charge is 2.23. The summed E-state index contributed by atoms with van der Waals surface area (Å²) < 4.78 is 3.05. The molecule has 0 radical (unpaired) electrons. The number of anilines is 1. The van der Waals surface area contributed by atoms with Crippen LogP contribution in [0.3, 0.4) is 0 Å². The summed E-state index contributed by atoms with van der Waals surface area (Å²) in [6.45, 7) is 14.2. The van der Waals surface area contributed by atoms with Crippen LogP contribution in [0, 0.1) is 0 Å². The quantitative estimate of drug-likeness (QED) is 0.423. The number of likely N-dealkylation sites (N-methyl/N-ethyl adjacent to an activating group) is 1. The summed E-state index contributed by atoms with van der Waals surface area (Å²) >= 11 is 4.31. The number of aryl methyl sites for hydroxylation is 1. The second-order valence-electron chi connectivity index (χ2n) is 7.09. The van der Waals surface area contributed by atoms with Crippen LogP contribution in [0.15, 0.2) is 23.6 Å². The molecule has 1 aliphatic rings. The van der Waals surface area contributed by atoms with Gasteiger partial charge in [-0.2, -0.15) is 9.21 Å². The molecule has 1 aromatic rings. The topological polar surface area (TPSA) is 27.3 Å². The second kappa shape index (κ2) is 9.25. The minimum atomic E-state index is -1.35. The van der Waals surface area contributed by atoms with Crippen molar-refractivity contribution >= 4 is 45.1 Å². The lowest BCUT2D eigenvalue weighted by Crippen LogP contribution is -2.37. The lowest BCUT2D eigenvalue weighted by molar-refractivity contribution is 0.266. The lowest BCUT2D eigenvalue weighted by Gasteiger charge is -2.25. The minimum absolute atomic E-state index is 0.612. The van der Waals surface area contributed by atoms with Crippen LogP contribution in [0.2, 0.25) is 0 Å². The fourth-order valence-electron chi connectivity index (χ4n) is 3.68. The normalized spacial score (nSPS) is 18.1. The number of likely N-dealkylation sites (tertiary alicyclic amines) is 1. The summed E-state index contributed by atoms with van der Waals surface area (Å²) in [4.78, 5) is 3.72. The molecule has 0 spiro atoms. The van der Waals surface area contributed by atoms with Crippen molar-refractivity contribution < 1.29 is 0 Å². The molecular weight excluding hydrogens is 358 g/mol. The van der Waals surface area contributed by atoms with Gasteiger partial charge in [-0.1, -0.05) is 51.9 Å². The van der Waals surface area contributed by atoms with Crippen LogP contribution >= 0.6 is 22.0 Å². The zero-order valence-corrected chi connectivity index (χ0v) is 18.3. The van der Waals surface area contributed by atoms with Crippen LogP contribution in [0.4, 0.5) is 5.69 Å². The fourth-order valence-corrected chi connectivity index (χ4v) is 5.19. The molecular formula is C21H35N3S2. The van der Waals surface area contributed by atoms with Crippen LogP contribution in [0.5, 0.6) is 0 Å². The molecule has 1 saturated heterocycles. The van der Waals surface area contributed by atoms with Gasteiger partial charge in [0.2, 0.25) is 0 Å². The second-order valence-corrected chi connectivity index (χ2v) is 10.4. The molecule has 2 rings (SSSR count). The van der Waals surface area contributed by atoms with Crippen molar-refractivity contribution in [2.45, 2.75) is 51.0 Å². The van der Waals surface area contributed by atoms with E-state index in [0.717, 1.165) is 36.6 Å². The SMILES string of the molecule is C=C(NCC1CCCN1CC)c1cc(S(=C)(=C)CC)c(NS)cc1CC. The third kappa shape index (κ3) is 4.62. The van der Waals surface area contributed by atoms with E-state index in [9.17, 15) is 0 Å². The van der Waals surface area contributed by atoms with Gasteiger partial charge in [-0.05, 0) is 55.8 Å². The largest absolute Gasteiger partial charge is 0.383 e. The monoisotopic (exact) mass is 393 g/mol. The molecule has 0 saturated carbocycles. The van der Waals surface area contributed by atoms with Crippen molar-refractivity contribution in [3.05, 3.63) is 29.8 Å². The Balaban J connectivity index is 2.29. The molecule has 146 valence electrons. The number of rotatable bonds is 9. The van der Waals surface area contributed by atoms with Gasteiger partial charge in [0.1, 0.15) is 0 Å². The molecule has 0 aliphatic carbocycles. The fraction of sp³-hybridized carbons (Fsp3) is 0.524. The van der Waals surface area contributed by atoms with E-state index in [1.807, 2.05) is 0 Å². The molecule has 26 heavy (non-hydrogen) atoms. The van der Waals surface area contributed by atoms with Gasteiger partial charge in [0.15, 0.2) is 0 Å². The van der Waals surface area contributed by atoms with Gasteiger partial charge in [-0.3, -0.25) is 4.90 Å². The summed E-state index contributed by atoms with van der Waals surface area (Å²) in [6.07, 6.45) is 3.51. The molecule has 1 heterocycles. The Morgan fingerprint density at radius 3 is 2.62 bits per heavy atom. The molecule has 1 fully saturated rings. The molecule has 1 aliphatic heterocycles. The lowest BCUT2D eigenvalue weighted by atomic mass is 10.0. The molecule has 1 atom stereocenters. The van der Waals surface area contributed by atoms with E-state index in [1.54, 1.807) is 0 Å². The van der Waals surface area contributed by atoms with E-state index in [0.29, 0.717) is 6.04 Å². The third-order valence-corrected chi connectivity index (χ3v) is 8.12. The maximum Gasteiger partial charge on any atom is 0.0569 e. The summed E-state index contributed by atoms with van der Waals surface area (Å²) in [6, 6.07) is 5.03. The van der Waals surface area contributed by atoms with Gasteiger partial charge in [-0.25, -0.2) is 0 Å². The number of hydrogen-bond donors (Lipinski definition) is 3. The molecule has 1 aromatic carbocycles. The maximum absolute atomic E-state index is 4.39. The summed E-state index contributed by atoms with van der Waals surface area (Å²) in [7, 11) is -1.35. The Morgan fingerprint density at radius 2 is 2.04 bits per heavy atom. The van der Waals surface area contributed by atoms with E-state index in [4.69, 9.17) is 0 Å². The summed E-state index contributed by atoms with van der Waals surface area (Å²) in [5.74, 6) is 9.73. The number of benzene rings is 1.